The van der Waals surface area contributed by atoms with Gasteiger partial charge in [-0.1, -0.05) is 24.3 Å². The number of nitrogens with zero attached hydrogens (tertiary/aromatic N) is 3. The summed E-state index contributed by atoms with van der Waals surface area (Å²) < 4.78 is 2.62. The summed E-state index contributed by atoms with van der Waals surface area (Å²) in [4.78, 5) is 12.8. The number of carbonyl (C=O) groups excluding carboxylic acids is 1. The number of amides is 1. The van der Waals surface area contributed by atoms with E-state index < -0.39 is 5.54 Å². The van der Waals surface area contributed by atoms with Crippen LogP contribution in [0.4, 0.5) is 5.69 Å². The molecule has 0 unspecified atom stereocenters. The summed E-state index contributed by atoms with van der Waals surface area (Å²) in [5.74, 6) is -0.170. The number of anilines is 1. The first-order valence-electron chi connectivity index (χ1n) is 7.37. The van der Waals surface area contributed by atoms with Gasteiger partial charge in [0, 0.05) is 22.7 Å². The summed E-state index contributed by atoms with van der Waals surface area (Å²) in [5, 5.41) is 18.1. The molecular formula is C18H15IN4O. The average molecular weight is 430 g/mol. The van der Waals surface area contributed by atoms with Gasteiger partial charge in [-0.05, 0) is 48.6 Å². The Morgan fingerprint density at radius 3 is 2.58 bits per heavy atom. The number of halogens is 1. The van der Waals surface area contributed by atoms with Crippen LogP contribution in [0.15, 0.2) is 48.8 Å². The second-order valence-corrected chi connectivity index (χ2v) is 7.18. The Hall–Kier alpha value is -2.40. The van der Waals surface area contributed by atoms with Crippen LogP contribution in [0.1, 0.15) is 19.4 Å². The van der Waals surface area contributed by atoms with Crippen LogP contribution in [0.5, 0.6) is 0 Å². The van der Waals surface area contributed by atoms with E-state index in [-0.39, 0.29) is 5.91 Å². The number of nitrogens with one attached hydrogen (secondary N) is 1. The molecule has 1 amide bonds. The van der Waals surface area contributed by atoms with Crippen molar-refractivity contribution in [1.29, 1.82) is 5.26 Å². The largest absolute Gasteiger partial charge is 0.323 e. The number of fused-ring (bicyclic) bond motifs is 1. The highest BCUT2D eigenvalue weighted by Crippen LogP contribution is 2.28. The summed E-state index contributed by atoms with van der Waals surface area (Å²) in [5.41, 5.74) is 0.437. The minimum absolute atomic E-state index is 0.170. The Morgan fingerprint density at radius 1 is 1.25 bits per heavy atom. The normalized spacial score (nSPS) is 11.2. The molecule has 0 saturated heterocycles. The predicted octanol–water partition coefficient (Wildman–Crippen LogP) is 3.89. The van der Waals surface area contributed by atoms with E-state index in [1.54, 1.807) is 23.0 Å². The Kier molecular flexibility index (Phi) is 4.28. The first-order chi connectivity index (χ1) is 11.4. The van der Waals surface area contributed by atoms with Crippen molar-refractivity contribution in [3.8, 4) is 6.07 Å². The zero-order valence-electron chi connectivity index (χ0n) is 13.2. The number of carbonyl (C=O) groups is 1. The zero-order chi connectivity index (χ0) is 17.3. The Bertz CT molecular complexity index is 969. The van der Waals surface area contributed by atoms with Gasteiger partial charge in [0.25, 0.3) is 5.91 Å². The van der Waals surface area contributed by atoms with Crippen molar-refractivity contribution in [2.45, 2.75) is 19.4 Å². The minimum Gasteiger partial charge on any atom is -0.323 e. The third-order valence-electron chi connectivity index (χ3n) is 3.97. The lowest BCUT2D eigenvalue weighted by Gasteiger charge is -2.24. The summed E-state index contributed by atoms with van der Waals surface area (Å²) >= 11 is 2.16. The van der Waals surface area contributed by atoms with E-state index in [1.807, 2.05) is 44.3 Å². The van der Waals surface area contributed by atoms with E-state index >= 15 is 0 Å². The topological polar surface area (TPSA) is 70.7 Å². The molecule has 120 valence electrons. The minimum atomic E-state index is -0.835. The van der Waals surface area contributed by atoms with Crippen LogP contribution in [-0.4, -0.2) is 15.7 Å². The van der Waals surface area contributed by atoms with Gasteiger partial charge in [0.15, 0.2) is 0 Å². The highest BCUT2D eigenvalue weighted by molar-refractivity contribution is 14.1. The maximum Gasteiger partial charge on any atom is 0.251 e. The fourth-order valence-corrected chi connectivity index (χ4v) is 2.88. The number of aromatic nitrogens is 2. The van der Waals surface area contributed by atoms with E-state index in [1.165, 1.54) is 0 Å². The van der Waals surface area contributed by atoms with Crippen molar-refractivity contribution in [1.82, 2.24) is 9.78 Å². The molecule has 0 radical (unpaired) electrons. The van der Waals surface area contributed by atoms with Gasteiger partial charge in [-0.3, -0.25) is 9.48 Å². The Labute approximate surface area is 153 Å². The van der Waals surface area contributed by atoms with Crippen LogP contribution in [0.3, 0.4) is 0 Å². The molecule has 0 aliphatic heterocycles. The molecule has 3 rings (SSSR count). The lowest BCUT2D eigenvalue weighted by Crippen LogP contribution is -2.40. The van der Waals surface area contributed by atoms with Crippen LogP contribution < -0.4 is 5.32 Å². The Balaban J connectivity index is 1.98. The van der Waals surface area contributed by atoms with Crippen LogP contribution in [-0.2, 0) is 10.3 Å². The predicted molar refractivity (Wildman–Crippen MR) is 102 cm³/mol. The van der Waals surface area contributed by atoms with Gasteiger partial charge >= 0.3 is 0 Å². The third kappa shape index (κ3) is 2.87. The molecular weight excluding hydrogens is 415 g/mol. The fourth-order valence-electron chi connectivity index (χ4n) is 2.49. The van der Waals surface area contributed by atoms with E-state index in [9.17, 15) is 10.1 Å². The highest BCUT2D eigenvalue weighted by Gasteiger charge is 2.31. The molecule has 0 spiro atoms. The van der Waals surface area contributed by atoms with Crippen molar-refractivity contribution in [3.05, 3.63) is 57.9 Å². The monoisotopic (exact) mass is 430 g/mol. The van der Waals surface area contributed by atoms with Gasteiger partial charge < -0.3 is 5.32 Å². The molecule has 0 bridgehead atoms. The molecule has 1 aromatic heterocycles. The first kappa shape index (κ1) is 16.5. The van der Waals surface area contributed by atoms with Gasteiger partial charge in [0.2, 0.25) is 0 Å². The van der Waals surface area contributed by atoms with Gasteiger partial charge in [0.05, 0.1) is 21.4 Å². The van der Waals surface area contributed by atoms with Crippen molar-refractivity contribution in [2.24, 2.45) is 0 Å². The molecule has 24 heavy (non-hydrogen) atoms. The molecule has 1 heterocycles. The van der Waals surface area contributed by atoms with Gasteiger partial charge in [-0.2, -0.15) is 10.4 Å². The van der Waals surface area contributed by atoms with Gasteiger partial charge in [-0.15, -0.1) is 0 Å². The van der Waals surface area contributed by atoms with Gasteiger partial charge in [0.1, 0.15) is 5.54 Å². The fraction of sp³-hybridized carbons (Fsp3) is 0.167. The van der Waals surface area contributed by atoms with Crippen molar-refractivity contribution in [2.75, 3.05) is 5.32 Å². The van der Waals surface area contributed by atoms with E-state index in [0.29, 0.717) is 11.3 Å². The molecule has 0 saturated carbocycles. The second-order valence-electron chi connectivity index (χ2n) is 5.93. The maximum atomic E-state index is 12.8. The number of hydrogen-bond donors (Lipinski definition) is 1. The molecule has 0 atom stereocenters. The molecule has 0 fully saturated rings. The van der Waals surface area contributed by atoms with E-state index in [2.05, 4.69) is 39.1 Å². The zero-order valence-corrected chi connectivity index (χ0v) is 15.4. The third-order valence-corrected chi connectivity index (χ3v) is 4.53. The number of benzene rings is 2. The smallest absolute Gasteiger partial charge is 0.251 e. The molecule has 1 N–H and O–H groups in total. The number of rotatable bonds is 3. The highest BCUT2D eigenvalue weighted by atomic mass is 127. The molecule has 5 nitrogen and oxygen atoms in total. The van der Waals surface area contributed by atoms with Crippen molar-refractivity contribution in [3.63, 3.8) is 0 Å². The van der Waals surface area contributed by atoms with Crippen LogP contribution >= 0.6 is 22.6 Å². The number of hydrogen-bond acceptors (Lipinski definition) is 3. The summed E-state index contributed by atoms with van der Waals surface area (Å²) in [7, 11) is 0. The molecule has 2 aromatic carbocycles. The van der Waals surface area contributed by atoms with E-state index in [4.69, 9.17) is 0 Å². The summed E-state index contributed by atoms with van der Waals surface area (Å²) in [6.45, 7) is 3.63. The quantitative estimate of drug-likeness (QED) is 0.642. The van der Waals surface area contributed by atoms with Crippen LogP contribution in [0.25, 0.3) is 10.8 Å². The van der Waals surface area contributed by atoms with Crippen molar-refractivity contribution >= 4 is 45.0 Å². The van der Waals surface area contributed by atoms with E-state index in [0.717, 1.165) is 14.3 Å². The number of nitriles is 1. The Morgan fingerprint density at radius 2 is 1.96 bits per heavy atom. The first-order valence-corrected chi connectivity index (χ1v) is 8.45. The molecule has 0 aliphatic carbocycles. The molecule has 3 aromatic rings. The average Bonchev–Trinajstić information content (AvgIpc) is 3.02. The van der Waals surface area contributed by atoms with Gasteiger partial charge in [-0.25, -0.2) is 0 Å². The molecule has 0 aliphatic rings. The standard InChI is InChI=1S/C18H15IN4O/c1-18(2,23-11-13(19)10-21-23)17(24)22-16-8-7-12(9-20)14-5-3-4-6-15(14)16/h3-8,10-11H,1-2H3,(H,22,24). The summed E-state index contributed by atoms with van der Waals surface area (Å²) in [6.07, 6.45) is 3.55. The van der Waals surface area contributed by atoms with Crippen LogP contribution in [0, 0.1) is 14.9 Å². The molecule has 6 heteroatoms. The van der Waals surface area contributed by atoms with Crippen LogP contribution in [0.2, 0.25) is 0 Å². The summed E-state index contributed by atoms with van der Waals surface area (Å²) in [6, 6.07) is 13.2. The SMILES string of the molecule is CC(C)(C(=O)Nc1ccc(C#N)c2ccccc12)n1cc(I)cn1. The van der Waals surface area contributed by atoms with Crippen molar-refractivity contribution < 1.29 is 4.79 Å². The second kappa shape index (κ2) is 6.24. The maximum absolute atomic E-state index is 12.8. The lowest BCUT2D eigenvalue weighted by molar-refractivity contribution is -0.123. The lowest BCUT2D eigenvalue weighted by atomic mass is 10.0.